The monoisotopic (exact) mass is 166 g/mol. The Hall–Kier alpha value is -0.440. The van der Waals surface area contributed by atoms with Crippen LogP contribution in [0.3, 0.4) is 0 Å². The van der Waals surface area contributed by atoms with E-state index in [2.05, 4.69) is 39.5 Å². The highest BCUT2D eigenvalue weighted by Gasteiger charge is 1.99. The second-order valence-electron chi connectivity index (χ2n) is 3.32. The molecule has 0 heterocycles. The molecule has 0 aliphatic heterocycles. The molecule has 0 aromatic heterocycles. The van der Waals surface area contributed by atoms with Crippen molar-refractivity contribution in [3.63, 3.8) is 0 Å². The Kier molecular flexibility index (Phi) is 6.96. The zero-order valence-corrected chi connectivity index (χ0v) is 8.98. The van der Waals surface area contributed by atoms with Gasteiger partial charge in [0, 0.05) is 11.8 Å². The van der Waals surface area contributed by atoms with E-state index in [9.17, 15) is 0 Å². The van der Waals surface area contributed by atoms with Crippen molar-refractivity contribution in [3.8, 4) is 11.8 Å². The summed E-state index contributed by atoms with van der Waals surface area (Å²) in [7, 11) is 0. The molecule has 0 rings (SSSR count). The van der Waals surface area contributed by atoms with Crippen molar-refractivity contribution in [1.29, 1.82) is 0 Å². The predicted octanol–water partition coefficient (Wildman–Crippen LogP) is 3.86. The minimum atomic E-state index is 0.630. The highest BCUT2D eigenvalue weighted by Crippen LogP contribution is 2.09. The third kappa shape index (κ3) is 4.44. The van der Waals surface area contributed by atoms with Crippen molar-refractivity contribution in [1.82, 2.24) is 0 Å². The maximum absolute atomic E-state index is 3.37. The van der Waals surface area contributed by atoms with E-state index in [1.165, 1.54) is 25.7 Å². The molecule has 0 atom stereocenters. The Morgan fingerprint density at radius 1 is 0.667 bits per heavy atom. The van der Waals surface area contributed by atoms with E-state index in [1.807, 2.05) is 0 Å². The van der Waals surface area contributed by atoms with Crippen LogP contribution in [0.5, 0.6) is 0 Å². The summed E-state index contributed by atoms with van der Waals surface area (Å²) >= 11 is 0. The summed E-state index contributed by atoms with van der Waals surface area (Å²) < 4.78 is 0. The van der Waals surface area contributed by atoms with E-state index in [0.717, 1.165) is 0 Å². The minimum absolute atomic E-state index is 0.630. The molecule has 0 nitrogen and oxygen atoms in total. The highest BCUT2D eigenvalue weighted by molar-refractivity contribution is 5.06. The zero-order valence-electron chi connectivity index (χ0n) is 8.98. The third-order valence-electron chi connectivity index (χ3n) is 2.46. The molecule has 0 amide bonds. The van der Waals surface area contributed by atoms with Crippen LogP contribution in [0.4, 0.5) is 0 Å². The van der Waals surface area contributed by atoms with Gasteiger partial charge < -0.3 is 0 Å². The first-order chi connectivity index (χ1) is 5.78. The second kappa shape index (κ2) is 7.22. The van der Waals surface area contributed by atoms with Crippen LogP contribution in [0.1, 0.15) is 53.4 Å². The van der Waals surface area contributed by atoms with Gasteiger partial charge in [0.15, 0.2) is 0 Å². The zero-order chi connectivity index (χ0) is 9.40. The maximum atomic E-state index is 3.37. The molecule has 70 valence electrons. The largest absolute Gasteiger partial charge is 0.0996 e. The molecule has 0 unspecified atom stereocenters. The molecule has 0 saturated carbocycles. The van der Waals surface area contributed by atoms with Gasteiger partial charge in [0.1, 0.15) is 0 Å². The summed E-state index contributed by atoms with van der Waals surface area (Å²) in [6, 6.07) is 0. The lowest BCUT2D eigenvalue weighted by atomic mass is 10.00. The van der Waals surface area contributed by atoms with E-state index in [-0.39, 0.29) is 0 Å². The van der Waals surface area contributed by atoms with Crippen molar-refractivity contribution in [3.05, 3.63) is 0 Å². The van der Waals surface area contributed by atoms with Gasteiger partial charge in [-0.1, -0.05) is 39.5 Å². The van der Waals surface area contributed by atoms with E-state index in [4.69, 9.17) is 0 Å². The fourth-order valence-electron chi connectivity index (χ4n) is 1.22. The van der Waals surface area contributed by atoms with Gasteiger partial charge in [0.2, 0.25) is 0 Å². The first-order valence-electron chi connectivity index (χ1n) is 5.29. The second-order valence-corrected chi connectivity index (χ2v) is 3.32. The van der Waals surface area contributed by atoms with Gasteiger partial charge in [-0.25, -0.2) is 0 Å². The lowest BCUT2D eigenvalue weighted by Gasteiger charge is -2.04. The van der Waals surface area contributed by atoms with Crippen LogP contribution >= 0.6 is 0 Å². The molecule has 0 aromatic carbocycles. The van der Waals surface area contributed by atoms with Crippen LogP contribution in [0.25, 0.3) is 0 Å². The van der Waals surface area contributed by atoms with Crippen molar-refractivity contribution in [2.24, 2.45) is 11.8 Å². The molecule has 0 aromatic rings. The first-order valence-corrected chi connectivity index (χ1v) is 5.29. The van der Waals surface area contributed by atoms with Gasteiger partial charge in [0.25, 0.3) is 0 Å². The summed E-state index contributed by atoms with van der Waals surface area (Å²) in [5.41, 5.74) is 0. The number of hydrogen-bond donors (Lipinski definition) is 0. The topological polar surface area (TPSA) is 0 Å². The van der Waals surface area contributed by atoms with Crippen LogP contribution in [0.2, 0.25) is 0 Å². The molecule has 0 N–H and O–H groups in total. The van der Waals surface area contributed by atoms with Gasteiger partial charge in [0.05, 0.1) is 0 Å². The maximum Gasteiger partial charge on any atom is 0.0197 e. The molecule has 0 aliphatic rings. The molecule has 0 fully saturated rings. The van der Waals surface area contributed by atoms with Crippen molar-refractivity contribution in [2.75, 3.05) is 0 Å². The molecule has 0 spiro atoms. The summed E-state index contributed by atoms with van der Waals surface area (Å²) in [6.07, 6.45) is 4.79. The molecule has 0 aliphatic carbocycles. The average molecular weight is 166 g/mol. The van der Waals surface area contributed by atoms with Gasteiger partial charge in [-0.15, -0.1) is 0 Å². The van der Waals surface area contributed by atoms with Gasteiger partial charge in [-0.05, 0) is 25.7 Å². The lowest BCUT2D eigenvalue weighted by molar-refractivity contribution is 0.606. The molecule has 12 heavy (non-hydrogen) atoms. The molecular weight excluding hydrogens is 144 g/mol. The quantitative estimate of drug-likeness (QED) is 0.556. The summed E-state index contributed by atoms with van der Waals surface area (Å²) in [5.74, 6) is 8.00. The highest BCUT2D eigenvalue weighted by atomic mass is 14.0. The molecule has 0 bridgehead atoms. The van der Waals surface area contributed by atoms with Crippen LogP contribution in [0.15, 0.2) is 0 Å². The van der Waals surface area contributed by atoms with Gasteiger partial charge in [-0.2, -0.15) is 0 Å². The van der Waals surface area contributed by atoms with E-state index in [0.29, 0.717) is 11.8 Å². The van der Waals surface area contributed by atoms with E-state index in [1.54, 1.807) is 0 Å². The van der Waals surface area contributed by atoms with E-state index < -0.39 is 0 Å². The fourth-order valence-corrected chi connectivity index (χ4v) is 1.22. The van der Waals surface area contributed by atoms with Crippen LogP contribution in [-0.2, 0) is 0 Å². The Bertz CT molecular complexity index is 123. The Morgan fingerprint density at radius 2 is 0.917 bits per heavy atom. The summed E-state index contributed by atoms with van der Waals surface area (Å²) in [5, 5.41) is 0. The standard InChI is InChI=1S/C12H22/c1-5-11(6-2)9-10-12(7-3)8-4/h11-12H,5-8H2,1-4H3. The van der Waals surface area contributed by atoms with E-state index >= 15 is 0 Å². The van der Waals surface area contributed by atoms with Crippen molar-refractivity contribution >= 4 is 0 Å². The first kappa shape index (κ1) is 11.6. The summed E-state index contributed by atoms with van der Waals surface area (Å²) in [6.45, 7) is 8.87. The predicted molar refractivity (Wildman–Crippen MR) is 55.9 cm³/mol. The fraction of sp³-hybridized carbons (Fsp3) is 0.833. The average Bonchev–Trinajstić information content (AvgIpc) is 2.13. The Labute approximate surface area is 77.8 Å². The summed E-state index contributed by atoms with van der Waals surface area (Å²) in [4.78, 5) is 0. The minimum Gasteiger partial charge on any atom is -0.0996 e. The van der Waals surface area contributed by atoms with Gasteiger partial charge >= 0.3 is 0 Å². The molecule has 0 heteroatoms. The van der Waals surface area contributed by atoms with Crippen molar-refractivity contribution in [2.45, 2.75) is 53.4 Å². The Balaban J connectivity index is 3.96. The SMILES string of the molecule is CCC(C#CC(CC)CC)CC. The smallest absolute Gasteiger partial charge is 0.0197 e. The van der Waals surface area contributed by atoms with Crippen LogP contribution < -0.4 is 0 Å². The number of hydrogen-bond acceptors (Lipinski definition) is 0. The molecular formula is C12H22. The number of rotatable bonds is 4. The van der Waals surface area contributed by atoms with Crippen LogP contribution in [0, 0.1) is 23.7 Å². The lowest BCUT2D eigenvalue weighted by Crippen LogP contribution is -1.95. The van der Waals surface area contributed by atoms with Crippen molar-refractivity contribution < 1.29 is 0 Å². The molecule has 0 radical (unpaired) electrons. The van der Waals surface area contributed by atoms with Gasteiger partial charge in [-0.3, -0.25) is 0 Å². The Morgan fingerprint density at radius 3 is 1.08 bits per heavy atom. The van der Waals surface area contributed by atoms with Crippen LogP contribution in [-0.4, -0.2) is 0 Å². The third-order valence-corrected chi connectivity index (χ3v) is 2.46. The molecule has 0 saturated heterocycles. The normalized spacial score (nSPS) is 10.2.